The molecule has 0 radical (unpaired) electrons. The fraction of sp³-hybridized carbons (Fsp3) is 0.667. The Morgan fingerprint density at radius 2 is 2.07 bits per heavy atom. The van der Waals surface area contributed by atoms with Gasteiger partial charge in [0.15, 0.2) is 0 Å². The maximum Gasteiger partial charge on any atom is 0.338 e. The van der Waals surface area contributed by atoms with Crippen molar-refractivity contribution in [3.05, 3.63) is 35.6 Å². The lowest BCUT2D eigenvalue weighted by Gasteiger charge is -2.62. The number of hydrogen-bond donors (Lipinski definition) is 1. The van der Waals surface area contributed by atoms with Crippen LogP contribution in [-0.2, 0) is 0 Å². The van der Waals surface area contributed by atoms with Gasteiger partial charge >= 0.3 is 6.03 Å². The topological polar surface area (TPSA) is 44.7 Å². The van der Waals surface area contributed by atoms with E-state index in [1.807, 2.05) is 12.1 Å². The first-order chi connectivity index (χ1) is 13.8. The molecule has 0 saturated heterocycles. The van der Waals surface area contributed by atoms with Gasteiger partial charge in [0.05, 0.1) is 6.54 Å². The molecule has 158 valence electrons. The molecule has 2 bridgehead atoms. The van der Waals surface area contributed by atoms with Crippen LogP contribution in [0.1, 0.15) is 71.3 Å². The van der Waals surface area contributed by atoms with E-state index < -0.39 is 0 Å². The minimum atomic E-state index is -0.216. The average Bonchev–Trinajstić information content (AvgIpc) is 3.11. The van der Waals surface area contributed by atoms with Gasteiger partial charge in [-0.1, -0.05) is 52.3 Å². The molecule has 3 fully saturated rings. The first-order valence-corrected chi connectivity index (χ1v) is 11.2. The highest BCUT2D eigenvalue weighted by Crippen LogP contribution is 2.61. The normalized spacial score (nSPS) is 32.5. The number of nitrogens with zero attached hydrogens (tertiary/aromatic N) is 2. The van der Waals surface area contributed by atoms with E-state index in [0.29, 0.717) is 35.3 Å². The highest BCUT2D eigenvalue weighted by Gasteiger charge is 2.56. The van der Waals surface area contributed by atoms with Crippen LogP contribution in [-0.4, -0.2) is 29.3 Å². The molecule has 4 nitrogen and oxygen atoms in total. The number of hydrogen-bond acceptors (Lipinski definition) is 2. The predicted octanol–water partition coefficient (Wildman–Crippen LogP) is 5.55. The number of carbonyl (C=O) groups excluding carboxylic acids is 1. The van der Waals surface area contributed by atoms with Crippen molar-refractivity contribution in [3.63, 3.8) is 0 Å². The second-order valence-electron chi connectivity index (χ2n) is 9.86. The molecule has 3 aliphatic carbocycles. The quantitative estimate of drug-likeness (QED) is 0.693. The molecule has 1 unspecified atom stereocenters. The first kappa shape index (κ1) is 20.4. The highest BCUT2D eigenvalue weighted by molar-refractivity contribution is 5.94. The second kappa shape index (κ2) is 7.73. The van der Waals surface area contributed by atoms with E-state index >= 15 is 0 Å². The molecular weight excluding hydrogens is 365 g/mol. The maximum atomic E-state index is 14.4. The molecule has 1 heterocycles. The fourth-order valence-corrected chi connectivity index (χ4v) is 5.86. The summed E-state index contributed by atoms with van der Waals surface area (Å²) >= 11 is 0. The first-order valence-electron chi connectivity index (χ1n) is 11.2. The Labute approximate surface area is 173 Å². The molecule has 0 aromatic heterocycles. The Hall–Kier alpha value is -1.91. The van der Waals surface area contributed by atoms with Crippen LogP contribution in [0.3, 0.4) is 0 Å². The molecule has 1 aromatic rings. The zero-order valence-electron chi connectivity index (χ0n) is 18.1. The number of amides is 2. The van der Waals surface area contributed by atoms with Crippen molar-refractivity contribution in [2.45, 2.75) is 71.8 Å². The van der Waals surface area contributed by atoms with Crippen molar-refractivity contribution in [1.29, 1.82) is 0 Å². The van der Waals surface area contributed by atoms with Crippen LogP contribution in [0.5, 0.6) is 0 Å². The molecule has 5 rings (SSSR count). The van der Waals surface area contributed by atoms with Crippen molar-refractivity contribution < 1.29 is 9.18 Å². The van der Waals surface area contributed by atoms with E-state index in [0.717, 1.165) is 31.4 Å². The van der Waals surface area contributed by atoms with E-state index in [-0.39, 0.29) is 23.8 Å². The Morgan fingerprint density at radius 3 is 2.72 bits per heavy atom. The summed E-state index contributed by atoms with van der Waals surface area (Å²) in [5.41, 5.74) is 1.97. The van der Waals surface area contributed by atoms with Crippen LogP contribution in [0, 0.1) is 29.0 Å². The molecule has 29 heavy (non-hydrogen) atoms. The van der Waals surface area contributed by atoms with Gasteiger partial charge in [-0.25, -0.2) is 14.2 Å². The predicted molar refractivity (Wildman–Crippen MR) is 114 cm³/mol. The molecule has 1 N–H and O–H groups in total. The van der Waals surface area contributed by atoms with Gasteiger partial charge in [0.1, 0.15) is 5.82 Å². The van der Waals surface area contributed by atoms with Crippen molar-refractivity contribution in [2.24, 2.45) is 28.3 Å². The van der Waals surface area contributed by atoms with Crippen LogP contribution in [0.15, 0.2) is 29.4 Å². The standard InChI is InChI=1S/C24H34FN3O/c1-5-6-11-21-18(17-9-7-8-10-20(17)25)14-28(27-21)23(29)26-22-13-16-12-19(15(22)2)24(16,3)4/h7-10,15-16,18-19,22H,5-6,11-14H2,1-4H3,(H,26,29)/t15-,16+,18?,19-,22-/m0/s1. The Balaban J connectivity index is 1.46. The summed E-state index contributed by atoms with van der Waals surface area (Å²) in [6.45, 7) is 9.56. The molecule has 4 aliphatic rings. The van der Waals surface area contributed by atoms with Gasteiger partial charge < -0.3 is 5.32 Å². The van der Waals surface area contributed by atoms with Crippen LogP contribution in [0.4, 0.5) is 9.18 Å². The molecule has 2 amide bonds. The molecule has 5 atom stereocenters. The van der Waals surface area contributed by atoms with Gasteiger partial charge in [-0.15, -0.1) is 0 Å². The molecule has 0 spiro atoms. The summed E-state index contributed by atoms with van der Waals surface area (Å²) in [5, 5.41) is 9.45. The molecule has 3 saturated carbocycles. The number of hydrazone groups is 1. The van der Waals surface area contributed by atoms with Gasteiger partial charge in [-0.2, -0.15) is 5.10 Å². The van der Waals surface area contributed by atoms with Crippen LogP contribution < -0.4 is 5.32 Å². The number of urea groups is 1. The van der Waals surface area contributed by atoms with Gasteiger partial charge in [0.2, 0.25) is 0 Å². The van der Waals surface area contributed by atoms with Crippen molar-refractivity contribution >= 4 is 11.7 Å². The summed E-state index contributed by atoms with van der Waals surface area (Å²) in [5.74, 6) is 1.49. The minimum absolute atomic E-state index is 0.131. The van der Waals surface area contributed by atoms with Gasteiger partial charge in [0.25, 0.3) is 0 Å². The monoisotopic (exact) mass is 399 g/mol. The minimum Gasteiger partial charge on any atom is -0.333 e. The van der Waals surface area contributed by atoms with Crippen molar-refractivity contribution in [3.8, 4) is 0 Å². The summed E-state index contributed by atoms with van der Waals surface area (Å²) in [6.07, 6.45) is 5.19. The number of benzene rings is 1. The highest BCUT2D eigenvalue weighted by atomic mass is 19.1. The average molecular weight is 400 g/mol. The van der Waals surface area contributed by atoms with E-state index in [1.165, 1.54) is 12.5 Å². The number of rotatable bonds is 5. The van der Waals surface area contributed by atoms with E-state index in [4.69, 9.17) is 0 Å². The largest absolute Gasteiger partial charge is 0.338 e. The Kier molecular flexibility index (Phi) is 5.43. The molecule has 5 heteroatoms. The van der Waals surface area contributed by atoms with Crippen molar-refractivity contribution in [2.75, 3.05) is 6.54 Å². The summed E-state index contributed by atoms with van der Waals surface area (Å²) in [4.78, 5) is 13.0. The third-order valence-electron chi connectivity index (χ3n) is 7.97. The summed E-state index contributed by atoms with van der Waals surface area (Å²) in [6, 6.07) is 6.96. The molecule has 1 aliphatic heterocycles. The zero-order chi connectivity index (χ0) is 20.8. The SMILES string of the molecule is CCCCC1=NN(C(=O)N[C@H]2C[C@H]3C[C@@H]([C@@H]2C)C3(C)C)CC1c1ccccc1F. The summed E-state index contributed by atoms with van der Waals surface area (Å²) in [7, 11) is 0. The number of carbonyl (C=O) groups is 1. The Morgan fingerprint density at radius 1 is 1.31 bits per heavy atom. The lowest BCUT2D eigenvalue weighted by molar-refractivity contribution is -0.113. The second-order valence-corrected chi connectivity index (χ2v) is 9.86. The third-order valence-corrected chi connectivity index (χ3v) is 7.97. The third kappa shape index (κ3) is 3.57. The van der Waals surface area contributed by atoms with Crippen LogP contribution in [0.2, 0.25) is 0 Å². The zero-order valence-corrected chi connectivity index (χ0v) is 18.1. The lowest BCUT2D eigenvalue weighted by atomic mass is 9.45. The van der Waals surface area contributed by atoms with Crippen LogP contribution in [0.25, 0.3) is 0 Å². The van der Waals surface area contributed by atoms with Crippen LogP contribution >= 0.6 is 0 Å². The number of unbranched alkanes of at least 4 members (excludes halogenated alkanes) is 1. The number of nitrogens with one attached hydrogen (secondary N) is 1. The molecular formula is C24H34FN3O. The lowest BCUT2D eigenvalue weighted by Crippen LogP contribution is -2.61. The Bertz CT molecular complexity index is 805. The van der Waals surface area contributed by atoms with E-state index in [9.17, 15) is 9.18 Å². The van der Waals surface area contributed by atoms with Gasteiger partial charge in [-0.05, 0) is 60.5 Å². The number of fused-ring (bicyclic) bond motifs is 2. The van der Waals surface area contributed by atoms with E-state index in [2.05, 4.69) is 38.1 Å². The maximum absolute atomic E-state index is 14.4. The smallest absolute Gasteiger partial charge is 0.333 e. The summed E-state index contributed by atoms with van der Waals surface area (Å²) < 4.78 is 14.4. The van der Waals surface area contributed by atoms with Gasteiger partial charge in [0, 0.05) is 17.7 Å². The van der Waals surface area contributed by atoms with Gasteiger partial charge in [-0.3, -0.25) is 0 Å². The fourth-order valence-electron chi connectivity index (χ4n) is 5.86. The van der Waals surface area contributed by atoms with Crippen molar-refractivity contribution in [1.82, 2.24) is 10.3 Å². The molecule has 1 aromatic carbocycles. The van der Waals surface area contributed by atoms with E-state index in [1.54, 1.807) is 11.1 Å². The number of halogens is 1.